The van der Waals surface area contributed by atoms with Gasteiger partial charge < -0.3 is 19.4 Å². The number of carbonyl (C=O) groups excluding carboxylic acids is 1. The molecule has 0 spiro atoms. The molecule has 2 atom stereocenters. The van der Waals surface area contributed by atoms with Gasteiger partial charge in [0.05, 0.1) is 6.26 Å². The lowest BCUT2D eigenvalue weighted by molar-refractivity contribution is 0.0215. The molecule has 1 fully saturated rings. The fraction of sp³-hybridized carbons (Fsp3) is 0.722. The summed E-state index contributed by atoms with van der Waals surface area (Å²) in [7, 11) is 0. The van der Waals surface area contributed by atoms with Crippen molar-refractivity contribution in [3.05, 3.63) is 24.2 Å². The maximum Gasteiger partial charge on any atom is 0.410 e. The minimum Gasteiger partial charge on any atom is -0.469 e. The summed E-state index contributed by atoms with van der Waals surface area (Å²) in [5, 5.41) is 3.52. The molecule has 23 heavy (non-hydrogen) atoms. The smallest absolute Gasteiger partial charge is 0.410 e. The molecule has 2 unspecified atom stereocenters. The minimum absolute atomic E-state index is 0.178. The summed E-state index contributed by atoms with van der Waals surface area (Å²) in [5.74, 6) is 1.00. The molecule has 1 aliphatic heterocycles. The molecule has 0 bridgehead atoms. The molecule has 1 aliphatic rings. The first-order chi connectivity index (χ1) is 10.8. The molecule has 1 N–H and O–H groups in total. The number of rotatable bonds is 6. The van der Waals surface area contributed by atoms with Crippen LogP contribution in [0.4, 0.5) is 4.79 Å². The molecule has 5 heteroatoms. The van der Waals surface area contributed by atoms with E-state index >= 15 is 0 Å². The number of hydrogen-bond acceptors (Lipinski definition) is 4. The number of ether oxygens (including phenoxy) is 1. The van der Waals surface area contributed by atoms with Crippen molar-refractivity contribution >= 4 is 6.09 Å². The zero-order valence-corrected chi connectivity index (χ0v) is 14.8. The Labute approximate surface area is 139 Å². The number of likely N-dealkylation sites (tertiary alicyclic amines) is 1. The van der Waals surface area contributed by atoms with Crippen LogP contribution in [0.3, 0.4) is 0 Å². The lowest BCUT2D eigenvalue weighted by Gasteiger charge is -2.30. The van der Waals surface area contributed by atoms with Crippen LogP contribution in [0.25, 0.3) is 0 Å². The molecule has 1 amide bonds. The molecule has 130 valence electrons. The number of furan rings is 1. The van der Waals surface area contributed by atoms with Crippen molar-refractivity contribution < 1.29 is 13.9 Å². The molecule has 1 aromatic heterocycles. The first-order valence-corrected chi connectivity index (χ1v) is 8.60. The summed E-state index contributed by atoms with van der Waals surface area (Å²) in [6.07, 6.45) is 5.49. The Morgan fingerprint density at radius 3 is 2.96 bits per heavy atom. The van der Waals surface area contributed by atoms with E-state index in [1.165, 1.54) is 0 Å². The molecule has 5 nitrogen and oxygen atoms in total. The molecular formula is C18H30N2O3. The van der Waals surface area contributed by atoms with Crippen LogP contribution in [0, 0.1) is 0 Å². The van der Waals surface area contributed by atoms with Crippen LogP contribution in [0.2, 0.25) is 0 Å². The molecule has 2 heterocycles. The van der Waals surface area contributed by atoms with Crippen LogP contribution in [0.5, 0.6) is 0 Å². The van der Waals surface area contributed by atoms with E-state index in [9.17, 15) is 4.79 Å². The highest BCUT2D eigenvalue weighted by Gasteiger charge is 2.32. The third-order valence-corrected chi connectivity index (χ3v) is 4.08. The third kappa shape index (κ3) is 5.90. The lowest BCUT2D eigenvalue weighted by Crippen LogP contribution is -2.42. The Morgan fingerprint density at radius 2 is 2.30 bits per heavy atom. The monoisotopic (exact) mass is 322 g/mol. The summed E-state index contributed by atoms with van der Waals surface area (Å²) in [5.41, 5.74) is -0.433. The average Bonchev–Trinajstić information content (AvgIpc) is 3.07. The van der Waals surface area contributed by atoms with Gasteiger partial charge in [0.15, 0.2) is 0 Å². The highest BCUT2D eigenvalue weighted by atomic mass is 16.6. The van der Waals surface area contributed by atoms with Gasteiger partial charge in [-0.3, -0.25) is 0 Å². The van der Waals surface area contributed by atoms with Crippen molar-refractivity contribution in [1.82, 2.24) is 10.2 Å². The summed E-state index contributed by atoms with van der Waals surface area (Å²) in [6.45, 7) is 9.60. The SMILES string of the molecule is CC(CC1CCCN1C(=O)OC(C)(C)C)NCCc1ccco1. The Bertz CT molecular complexity index is 479. The van der Waals surface area contributed by atoms with Gasteiger partial charge in [0.2, 0.25) is 0 Å². The first kappa shape index (κ1) is 17.9. The van der Waals surface area contributed by atoms with E-state index in [0.717, 1.165) is 44.5 Å². The van der Waals surface area contributed by atoms with Crippen molar-refractivity contribution in [1.29, 1.82) is 0 Å². The summed E-state index contributed by atoms with van der Waals surface area (Å²) < 4.78 is 10.9. The number of carbonyl (C=O) groups is 1. The summed E-state index contributed by atoms with van der Waals surface area (Å²) in [4.78, 5) is 14.2. The zero-order chi connectivity index (χ0) is 16.9. The van der Waals surface area contributed by atoms with Crippen LogP contribution in [-0.4, -0.2) is 41.8 Å². The van der Waals surface area contributed by atoms with Gasteiger partial charge in [-0.1, -0.05) is 0 Å². The van der Waals surface area contributed by atoms with Crippen molar-refractivity contribution in [3.63, 3.8) is 0 Å². The van der Waals surface area contributed by atoms with Crippen LogP contribution in [0.1, 0.15) is 52.7 Å². The predicted octanol–water partition coefficient (Wildman–Crippen LogP) is 3.59. The highest BCUT2D eigenvalue weighted by molar-refractivity contribution is 5.68. The van der Waals surface area contributed by atoms with E-state index in [1.54, 1.807) is 6.26 Å². The maximum atomic E-state index is 12.3. The summed E-state index contributed by atoms with van der Waals surface area (Å²) >= 11 is 0. The highest BCUT2D eigenvalue weighted by Crippen LogP contribution is 2.24. The van der Waals surface area contributed by atoms with E-state index in [1.807, 2.05) is 37.8 Å². The molecule has 1 aromatic rings. The lowest BCUT2D eigenvalue weighted by atomic mass is 10.1. The van der Waals surface area contributed by atoms with Gasteiger partial charge in [0, 0.05) is 31.6 Å². The van der Waals surface area contributed by atoms with Crippen LogP contribution in [0.15, 0.2) is 22.8 Å². The van der Waals surface area contributed by atoms with Crippen LogP contribution in [-0.2, 0) is 11.2 Å². The van der Waals surface area contributed by atoms with Crippen LogP contribution < -0.4 is 5.32 Å². The average molecular weight is 322 g/mol. The second-order valence-corrected chi connectivity index (χ2v) is 7.39. The van der Waals surface area contributed by atoms with Gasteiger partial charge in [-0.25, -0.2) is 4.79 Å². The van der Waals surface area contributed by atoms with Gasteiger partial charge >= 0.3 is 6.09 Å². The normalized spacial score (nSPS) is 19.8. The fourth-order valence-corrected chi connectivity index (χ4v) is 3.03. The number of amides is 1. The van der Waals surface area contributed by atoms with E-state index in [2.05, 4.69) is 12.2 Å². The Hall–Kier alpha value is -1.49. The third-order valence-electron chi connectivity index (χ3n) is 4.08. The summed E-state index contributed by atoms with van der Waals surface area (Å²) in [6, 6.07) is 4.54. The van der Waals surface area contributed by atoms with E-state index < -0.39 is 5.60 Å². The van der Waals surface area contributed by atoms with Crippen molar-refractivity contribution in [2.45, 2.75) is 71.1 Å². The number of nitrogens with one attached hydrogen (secondary N) is 1. The van der Waals surface area contributed by atoms with Gasteiger partial charge in [-0.05, 0) is 59.1 Å². The molecule has 2 rings (SSSR count). The zero-order valence-electron chi connectivity index (χ0n) is 14.8. The van der Waals surface area contributed by atoms with Gasteiger partial charge in [0.25, 0.3) is 0 Å². The fourth-order valence-electron chi connectivity index (χ4n) is 3.03. The van der Waals surface area contributed by atoms with Crippen LogP contribution >= 0.6 is 0 Å². The molecule has 0 saturated carbocycles. The standard InChI is InChI=1S/C18H30N2O3/c1-14(19-10-9-16-8-6-12-22-16)13-15-7-5-11-20(15)17(21)23-18(2,3)4/h6,8,12,14-15,19H,5,7,9-11,13H2,1-4H3. The first-order valence-electron chi connectivity index (χ1n) is 8.60. The number of nitrogens with zero attached hydrogens (tertiary/aromatic N) is 1. The van der Waals surface area contributed by atoms with E-state index in [4.69, 9.17) is 9.15 Å². The second-order valence-electron chi connectivity index (χ2n) is 7.39. The largest absolute Gasteiger partial charge is 0.469 e. The topological polar surface area (TPSA) is 54.7 Å². The van der Waals surface area contributed by atoms with Crippen molar-refractivity contribution in [2.75, 3.05) is 13.1 Å². The molecular weight excluding hydrogens is 292 g/mol. The Balaban J connectivity index is 1.75. The van der Waals surface area contributed by atoms with E-state index in [0.29, 0.717) is 6.04 Å². The Morgan fingerprint density at radius 1 is 1.52 bits per heavy atom. The molecule has 0 aliphatic carbocycles. The number of hydrogen-bond donors (Lipinski definition) is 1. The Kier molecular flexibility index (Phi) is 6.10. The molecule has 0 aromatic carbocycles. The molecule has 1 saturated heterocycles. The van der Waals surface area contributed by atoms with Crippen molar-refractivity contribution in [3.8, 4) is 0 Å². The predicted molar refractivity (Wildman–Crippen MR) is 90.5 cm³/mol. The quantitative estimate of drug-likeness (QED) is 0.869. The van der Waals surface area contributed by atoms with Crippen molar-refractivity contribution in [2.24, 2.45) is 0 Å². The molecule has 0 radical (unpaired) electrons. The minimum atomic E-state index is -0.433. The second kappa shape index (κ2) is 7.86. The maximum absolute atomic E-state index is 12.3. The van der Waals surface area contributed by atoms with Gasteiger partial charge in [-0.15, -0.1) is 0 Å². The van der Waals surface area contributed by atoms with Gasteiger partial charge in [0.1, 0.15) is 11.4 Å². The van der Waals surface area contributed by atoms with E-state index in [-0.39, 0.29) is 12.1 Å². The van der Waals surface area contributed by atoms with Gasteiger partial charge in [-0.2, -0.15) is 0 Å².